The third-order valence-electron chi connectivity index (χ3n) is 5.22. The average molecular weight is 249 g/mol. The van der Waals surface area contributed by atoms with Gasteiger partial charge in [-0.3, -0.25) is 4.68 Å². The van der Waals surface area contributed by atoms with Gasteiger partial charge in [-0.05, 0) is 35.3 Å². The maximum atomic E-state index is 4.27. The molecule has 0 spiro atoms. The first-order valence-corrected chi connectivity index (χ1v) is 7.01. The van der Waals surface area contributed by atoms with E-state index in [2.05, 4.69) is 51.2 Å². The molecular weight excluding hydrogens is 222 g/mol. The number of rotatable bonds is 5. The fraction of sp³-hybridized carbons (Fsp3) is 0.800. The van der Waals surface area contributed by atoms with E-state index in [-0.39, 0.29) is 0 Å². The van der Waals surface area contributed by atoms with Crippen LogP contribution in [0.15, 0.2) is 12.4 Å². The first kappa shape index (κ1) is 13.6. The molecule has 18 heavy (non-hydrogen) atoms. The highest BCUT2D eigenvalue weighted by Crippen LogP contribution is 2.69. The second-order valence-electron chi connectivity index (χ2n) is 6.81. The van der Waals surface area contributed by atoms with E-state index < -0.39 is 0 Å². The Labute approximate surface area is 111 Å². The van der Waals surface area contributed by atoms with E-state index in [9.17, 15) is 0 Å². The zero-order chi connectivity index (χ0) is 13.6. The average Bonchev–Trinajstić information content (AvgIpc) is 2.58. The molecule has 1 aromatic rings. The largest absolute Gasteiger partial charge is 0.314 e. The van der Waals surface area contributed by atoms with Gasteiger partial charge in [-0.25, -0.2) is 0 Å². The number of aryl methyl sites for hydroxylation is 1. The lowest BCUT2D eigenvalue weighted by Gasteiger charge is -2.19. The second-order valence-corrected chi connectivity index (χ2v) is 6.81. The molecule has 1 N–H and O–H groups in total. The highest BCUT2D eigenvalue weighted by molar-refractivity contribution is 5.19. The van der Waals surface area contributed by atoms with Crippen molar-refractivity contribution in [3.63, 3.8) is 0 Å². The molecule has 102 valence electrons. The van der Waals surface area contributed by atoms with Gasteiger partial charge in [-0.2, -0.15) is 5.10 Å². The van der Waals surface area contributed by atoms with Gasteiger partial charge in [0.25, 0.3) is 0 Å². The van der Waals surface area contributed by atoms with Crippen LogP contribution < -0.4 is 5.32 Å². The molecule has 3 nitrogen and oxygen atoms in total. The van der Waals surface area contributed by atoms with E-state index in [1.165, 1.54) is 5.56 Å². The van der Waals surface area contributed by atoms with Crippen molar-refractivity contribution in [1.29, 1.82) is 0 Å². The van der Waals surface area contributed by atoms with Crippen LogP contribution in [-0.2, 0) is 13.5 Å². The zero-order valence-corrected chi connectivity index (χ0v) is 12.6. The summed E-state index contributed by atoms with van der Waals surface area (Å²) in [4.78, 5) is 0. The summed E-state index contributed by atoms with van der Waals surface area (Å²) in [5, 5.41) is 7.95. The monoisotopic (exact) mass is 249 g/mol. The highest BCUT2D eigenvalue weighted by Gasteiger charge is 2.66. The van der Waals surface area contributed by atoms with E-state index >= 15 is 0 Å². The Morgan fingerprint density at radius 2 is 1.94 bits per heavy atom. The van der Waals surface area contributed by atoms with Crippen LogP contribution in [0.5, 0.6) is 0 Å². The minimum absolute atomic E-state index is 0.433. The van der Waals surface area contributed by atoms with Crippen LogP contribution in [0, 0.1) is 16.7 Å². The van der Waals surface area contributed by atoms with Crippen molar-refractivity contribution in [3.05, 3.63) is 18.0 Å². The van der Waals surface area contributed by atoms with Crippen LogP contribution in [0.1, 0.15) is 40.2 Å². The van der Waals surface area contributed by atoms with Crippen molar-refractivity contribution in [2.75, 3.05) is 6.54 Å². The predicted octanol–water partition coefficient (Wildman–Crippen LogP) is 2.62. The lowest BCUT2D eigenvalue weighted by Crippen LogP contribution is -2.35. The number of likely N-dealkylation sites (N-methyl/N-ethyl adjacent to an activating group) is 1. The SMILES string of the molecule is CCNC(Cc1cnn(C)c1)C1C(C)(C)C1(C)C. The van der Waals surface area contributed by atoms with E-state index in [0.29, 0.717) is 16.9 Å². The molecular formula is C15H27N3. The third kappa shape index (κ3) is 2.09. The third-order valence-corrected chi connectivity index (χ3v) is 5.22. The fourth-order valence-electron chi connectivity index (χ4n) is 3.65. The number of hydrogen-bond donors (Lipinski definition) is 1. The minimum Gasteiger partial charge on any atom is -0.314 e. The molecule has 0 radical (unpaired) electrons. The molecule has 0 amide bonds. The van der Waals surface area contributed by atoms with E-state index in [1.54, 1.807) is 0 Å². The van der Waals surface area contributed by atoms with Gasteiger partial charge in [0.2, 0.25) is 0 Å². The van der Waals surface area contributed by atoms with E-state index in [4.69, 9.17) is 0 Å². The Bertz CT molecular complexity index is 403. The Morgan fingerprint density at radius 3 is 2.33 bits per heavy atom. The van der Waals surface area contributed by atoms with Crippen LogP contribution in [0.3, 0.4) is 0 Å². The Kier molecular flexibility index (Phi) is 3.30. The van der Waals surface area contributed by atoms with Crippen LogP contribution in [-0.4, -0.2) is 22.4 Å². The number of nitrogens with zero attached hydrogens (tertiary/aromatic N) is 2. The highest BCUT2D eigenvalue weighted by atomic mass is 15.2. The van der Waals surface area contributed by atoms with Crippen LogP contribution >= 0.6 is 0 Å². The molecule has 1 heterocycles. The predicted molar refractivity (Wildman–Crippen MR) is 75.4 cm³/mol. The topological polar surface area (TPSA) is 29.9 Å². The summed E-state index contributed by atoms with van der Waals surface area (Å²) in [5.41, 5.74) is 2.20. The second kappa shape index (κ2) is 4.37. The van der Waals surface area contributed by atoms with Gasteiger partial charge in [-0.1, -0.05) is 34.6 Å². The summed E-state index contributed by atoms with van der Waals surface area (Å²) in [7, 11) is 1.98. The maximum Gasteiger partial charge on any atom is 0.0522 e. The van der Waals surface area contributed by atoms with Crippen LogP contribution in [0.25, 0.3) is 0 Å². The maximum absolute atomic E-state index is 4.27. The quantitative estimate of drug-likeness (QED) is 0.869. The van der Waals surface area contributed by atoms with Crippen molar-refractivity contribution in [3.8, 4) is 0 Å². The van der Waals surface area contributed by atoms with Gasteiger partial charge >= 0.3 is 0 Å². The van der Waals surface area contributed by atoms with Gasteiger partial charge in [0.15, 0.2) is 0 Å². The molecule has 1 aromatic heterocycles. The zero-order valence-electron chi connectivity index (χ0n) is 12.6. The smallest absolute Gasteiger partial charge is 0.0522 e. The summed E-state index contributed by atoms with van der Waals surface area (Å²) in [6.07, 6.45) is 5.21. The summed E-state index contributed by atoms with van der Waals surface area (Å²) in [5.74, 6) is 0.741. The van der Waals surface area contributed by atoms with Gasteiger partial charge in [-0.15, -0.1) is 0 Å². The van der Waals surface area contributed by atoms with Crippen molar-refractivity contribution >= 4 is 0 Å². The molecule has 0 bridgehead atoms. The molecule has 1 aliphatic rings. The molecule has 1 atom stereocenters. The van der Waals surface area contributed by atoms with Crippen LogP contribution in [0.4, 0.5) is 0 Å². The van der Waals surface area contributed by atoms with Crippen molar-refractivity contribution < 1.29 is 0 Å². The van der Waals surface area contributed by atoms with Gasteiger partial charge in [0.1, 0.15) is 0 Å². The molecule has 0 aliphatic heterocycles. The summed E-state index contributed by atoms with van der Waals surface area (Å²) >= 11 is 0. The number of nitrogens with one attached hydrogen (secondary N) is 1. The van der Waals surface area contributed by atoms with Crippen molar-refractivity contribution in [2.45, 2.75) is 47.1 Å². The van der Waals surface area contributed by atoms with Crippen LogP contribution in [0.2, 0.25) is 0 Å². The molecule has 1 unspecified atom stereocenters. The summed E-state index contributed by atoms with van der Waals surface area (Å²) in [6.45, 7) is 12.8. The standard InChI is InChI=1S/C15H27N3/c1-7-16-12(8-11-9-17-18(6)10-11)13-14(2,3)15(13,4)5/h9-10,12-13,16H,7-8H2,1-6H3. The first-order valence-electron chi connectivity index (χ1n) is 7.01. The molecule has 1 fully saturated rings. The normalized spacial score (nSPS) is 23.0. The van der Waals surface area contributed by atoms with Gasteiger partial charge < -0.3 is 5.32 Å². The molecule has 1 aliphatic carbocycles. The molecule has 0 saturated heterocycles. The molecule has 3 heteroatoms. The number of aromatic nitrogens is 2. The van der Waals surface area contributed by atoms with Gasteiger partial charge in [0.05, 0.1) is 6.20 Å². The van der Waals surface area contributed by atoms with E-state index in [1.807, 2.05) is 17.9 Å². The molecule has 0 aromatic carbocycles. The molecule has 2 rings (SSSR count). The lowest BCUT2D eigenvalue weighted by atomic mass is 9.98. The van der Waals surface area contributed by atoms with E-state index in [0.717, 1.165) is 18.9 Å². The summed E-state index contributed by atoms with van der Waals surface area (Å²) < 4.78 is 1.89. The van der Waals surface area contributed by atoms with Crippen molar-refractivity contribution in [2.24, 2.45) is 23.8 Å². The molecule has 1 saturated carbocycles. The first-order chi connectivity index (χ1) is 8.30. The fourth-order valence-corrected chi connectivity index (χ4v) is 3.65. The van der Waals surface area contributed by atoms with Gasteiger partial charge in [0, 0.05) is 19.3 Å². The Balaban J connectivity index is 2.11. The van der Waals surface area contributed by atoms with Crippen molar-refractivity contribution in [1.82, 2.24) is 15.1 Å². The lowest BCUT2D eigenvalue weighted by molar-refractivity contribution is 0.403. The summed E-state index contributed by atoms with van der Waals surface area (Å²) in [6, 6.07) is 0.559. The number of hydrogen-bond acceptors (Lipinski definition) is 2. The Hall–Kier alpha value is -0.830. The minimum atomic E-state index is 0.433. The Morgan fingerprint density at radius 1 is 1.33 bits per heavy atom.